The Balaban J connectivity index is 2.74. The first-order valence-electron chi connectivity index (χ1n) is 5.10. The SMILES string of the molecule is Cc1c[nH]c(=O)c2c1ccc1ncn(C)c12. The van der Waals surface area contributed by atoms with Crippen LogP contribution in [0.4, 0.5) is 0 Å². The second-order valence-electron chi connectivity index (χ2n) is 4.01. The van der Waals surface area contributed by atoms with Gasteiger partial charge in [-0.2, -0.15) is 0 Å². The summed E-state index contributed by atoms with van der Waals surface area (Å²) in [6.45, 7) is 1.99. The lowest BCUT2D eigenvalue weighted by Crippen LogP contribution is -2.07. The van der Waals surface area contributed by atoms with Gasteiger partial charge in [0.05, 0.1) is 22.7 Å². The summed E-state index contributed by atoms with van der Waals surface area (Å²) in [6, 6.07) is 3.90. The first-order chi connectivity index (χ1) is 7.68. The van der Waals surface area contributed by atoms with Gasteiger partial charge in [0.25, 0.3) is 5.56 Å². The van der Waals surface area contributed by atoms with Crippen molar-refractivity contribution in [2.75, 3.05) is 0 Å². The van der Waals surface area contributed by atoms with Crippen LogP contribution in [0.5, 0.6) is 0 Å². The van der Waals surface area contributed by atoms with Gasteiger partial charge >= 0.3 is 0 Å². The third kappa shape index (κ3) is 1.04. The van der Waals surface area contributed by atoms with Crippen LogP contribution in [0.15, 0.2) is 29.5 Å². The van der Waals surface area contributed by atoms with Crippen LogP contribution in [0.1, 0.15) is 5.56 Å². The number of aromatic nitrogens is 3. The van der Waals surface area contributed by atoms with E-state index < -0.39 is 0 Å². The van der Waals surface area contributed by atoms with Crippen molar-refractivity contribution >= 4 is 21.8 Å². The van der Waals surface area contributed by atoms with E-state index in [1.165, 1.54) is 0 Å². The minimum Gasteiger partial charge on any atom is -0.333 e. The van der Waals surface area contributed by atoms with Gasteiger partial charge < -0.3 is 9.55 Å². The molecule has 0 saturated carbocycles. The molecule has 3 aromatic rings. The van der Waals surface area contributed by atoms with Crippen LogP contribution in [-0.2, 0) is 7.05 Å². The molecule has 3 rings (SSSR count). The number of fused-ring (bicyclic) bond motifs is 3. The van der Waals surface area contributed by atoms with E-state index in [1.807, 2.05) is 30.7 Å². The average molecular weight is 213 g/mol. The molecular weight excluding hydrogens is 202 g/mol. The molecule has 1 N–H and O–H groups in total. The molecule has 4 heteroatoms. The zero-order chi connectivity index (χ0) is 11.3. The number of H-pyrrole nitrogens is 1. The maximum Gasteiger partial charge on any atom is 0.258 e. The van der Waals surface area contributed by atoms with E-state index in [2.05, 4.69) is 9.97 Å². The minimum atomic E-state index is -0.0604. The molecule has 0 aliphatic carbocycles. The second kappa shape index (κ2) is 2.95. The van der Waals surface area contributed by atoms with Crippen molar-refractivity contribution in [1.29, 1.82) is 0 Å². The second-order valence-corrected chi connectivity index (χ2v) is 4.01. The van der Waals surface area contributed by atoms with Gasteiger partial charge in [-0.15, -0.1) is 0 Å². The fraction of sp³-hybridized carbons (Fsp3) is 0.167. The van der Waals surface area contributed by atoms with Crippen molar-refractivity contribution < 1.29 is 0 Å². The number of rotatable bonds is 0. The van der Waals surface area contributed by atoms with Crippen LogP contribution in [0.2, 0.25) is 0 Å². The molecule has 2 aromatic heterocycles. The summed E-state index contributed by atoms with van der Waals surface area (Å²) in [5.41, 5.74) is 2.75. The molecule has 0 saturated heterocycles. The molecule has 16 heavy (non-hydrogen) atoms. The quantitative estimate of drug-likeness (QED) is 0.618. The van der Waals surface area contributed by atoms with Crippen LogP contribution < -0.4 is 5.56 Å². The van der Waals surface area contributed by atoms with Crippen LogP contribution >= 0.6 is 0 Å². The van der Waals surface area contributed by atoms with Crippen molar-refractivity contribution in [2.24, 2.45) is 7.05 Å². The molecular formula is C12H11N3O. The lowest BCUT2D eigenvalue weighted by atomic mass is 10.1. The highest BCUT2D eigenvalue weighted by Gasteiger charge is 2.09. The number of nitrogens with one attached hydrogen (secondary N) is 1. The highest BCUT2D eigenvalue weighted by atomic mass is 16.1. The Morgan fingerprint density at radius 3 is 3.00 bits per heavy atom. The summed E-state index contributed by atoms with van der Waals surface area (Å²) < 4.78 is 1.88. The first-order valence-corrected chi connectivity index (χ1v) is 5.10. The number of benzene rings is 1. The van der Waals surface area contributed by atoms with Gasteiger partial charge in [-0.25, -0.2) is 4.98 Å². The van der Waals surface area contributed by atoms with Crippen LogP contribution in [-0.4, -0.2) is 14.5 Å². The third-order valence-electron chi connectivity index (χ3n) is 2.95. The topological polar surface area (TPSA) is 50.7 Å². The van der Waals surface area contributed by atoms with Gasteiger partial charge in [-0.3, -0.25) is 4.79 Å². The lowest BCUT2D eigenvalue weighted by Gasteiger charge is -2.03. The maximum atomic E-state index is 11.9. The summed E-state index contributed by atoms with van der Waals surface area (Å²) in [6.07, 6.45) is 3.47. The molecule has 0 aliphatic rings. The van der Waals surface area contributed by atoms with E-state index in [0.717, 1.165) is 27.4 Å². The lowest BCUT2D eigenvalue weighted by molar-refractivity contribution is 0.950. The van der Waals surface area contributed by atoms with Crippen molar-refractivity contribution in [3.05, 3.63) is 40.6 Å². The zero-order valence-corrected chi connectivity index (χ0v) is 9.11. The molecule has 4 nitrogen and oxygen atoms in total. The molecule has 0 aliphatic heterocycles. The number of hydrogen-bond donors (Lipinski definition) is 1. The smallest absolute Gasteiger partial charge is 0.258 e. The van der Waals surface area contributed by atoms with E-state index in [0.29, 0.717) is 0 Å². The Morgan fingerprint density at radius 1 is 1.38 bits per heavy atom. The third-order valence-corrected chi connectivity index (χ3v) is 2.95. The predicted molar refractivity (Wildman–Crippen MR) is 63.6 cm³/mol. The Hall–Kier alpha value is -2.10. The minimum absolute atomic E-state index is 0.0604. The fourth-order valence-corrected chi connectivity index (χ4v) is 2.13. The predicted octanol–water partition coefficient (Wildman–Crippen LogP) is 1.72. The molecule has 2 heterocycles. The summed E-state index contributed by atoms with van der Waals surface area (Å²) in [5, 5.41) is 1.71. The maximum absolute atomic E-state index is 11.9. The molecule has 80 valence electrons. The Kier molecular flexibility index (Phi) is 1.68. The Bertz CT molecular complexity index is 752. The van der Waals surface area contributed by atoms with Crippen LogP contribution in [0.3, 0.4) is 0 Å². The van der Waals surface area contributed by atoms with E-state index in [4.69, 9.17) is 0 Å². The Morgan fingerprint density at radius 2 is 2.19 bits per heavy atom. The molecule has 1 aromatic carbocycles. The number of aromatic amines is 1. The van der Waals surface area contributed by atoms with Crippen molar-refractivity contribution in [1.82, 2.24) is 14.5 Å². The number of imidazole rings is 1. The fourth-order valence-electron chi connectivity index (χ4n) is 2.13. The molecule has 0 spiro atoms. The van der Waals surface area contributed by atoms with E-state index >= 15 is 0 Å². The highest BCUT2D eigenvalue weighted by molar-refractivity contribution is 6.04. The van der Waals surface area contributed by atoms with Gasteiger partial charge in [-0.05, 0) is 23.9 Å². The number of hydrogen-bond acceptors (Lipinski definition) is 2. The largest absolute Gasteiger partial charge is 0.333 e. The summed E-state index contributed by atoms with van der Waals surface area (Å²) >= 11 is 0. The van der Waals surface area contributed by atoms with Crippen LogP contribution in [0, 0.1) is 6.92 Å². The number of nitrogens with zero attached hydrogens (tertiary/aromatic N) is 2. The van der Waals surface area contributed by atoms with Crippen molar-refractivity contribution in [3.8, 4) is 0 Å². The average Bonchev–Trinajstić information content (AvgIpc) is 2.66. The van der Waals surface area contributed by atoms with Gasteiger partial charge in [0.1, 0.15) is 0 Å². The summed E-state index contributed by atoms with van der Waals surface area (Å²) in [4.78, 5) is 18.9. The molecule has 0 bridgehead atoms. The number of aryl methyl sites for hydroxylation is 2. The van der Waals surface area contributed by atoms with Crippen molar-refractivity contribution in [3.63, 3.8) is 0 Å². The normalized spacial score (nSPS) is 11.4. The number of pyridine rings is 1. The van der Waals surface area contributed by atoms with Gasteiger partial charge in [0.2, 0.25) is 0 Å². The highest BCUT2D eigenvalue weighted by Crippen LogP contribution is 2.22. The first kappa shape index (κ1) is 9.15. The summed E-state index contributed by atoms with van der Waals surface area (Å²) in [7, 11) is 1.90. The monoisotopic (exact) mass is 213 g/mol. The molecule has 0 fully saturated rings. The standard InChI is InChI=1S/C12H11N3O/c1-7-5-13-12(16)10-8(7)3-4-9-11(10)15(2)6-14-9/h3-6H,1-2H3,(H,13,16). The van der Waals surface area contributed by atoms with Gasteiger partial charge in [0, 0.05) is 13.2 Å². The van der Waals surface area contributed by atoms with E-state index in [9.17, 15) is 4.79 Å². The van der Waals surface area contributed by atoms with Gasteiger partial charge in [-0.1, -0.05) is 6.07 Å². The van der Waals surface area contributed by atoms with Gasteiger partial charge in [0.15, 0.2) is 0 Å². The molecule has 0 amide bonds. The van der Waals surface area contributed by atoms with E-state index in [1.54, 1.807) is 12.5 Å². The summed E-state index contributed by atoms with van der Waals surface area (Å²) in [5.74, 6) is 0. The van der Waals surface area contributed by atoms with E-state index in [-0.39, 0.29) is 5.56 Å². The van der Waals surface area contributed by atoms with Crippen LogP contribution in [0.25, 0.3) is 21.8 Å². The zero-order valence-electron chi connectivity index (χ0n) is 9.11. The molecule has 0 atom stereocenters. The molecule has 0 unspecified atom stereocenters. The Labute approximate surface area is 91.5 Å². The van der Waals surface area contributed by atoms with Crippen molar-refractivity contribution in [2.45, 2.75) is 6.92 Å². The molecule has 0 radical (unpaired) electrons.